The molecule has 0 atom stereocenters. The van der Waals surface area contributed by atoms with Crippen LogP contribution in [0.4, 0.5) is 0 Å². The van der Waals surface area contributed by atoms with Crippen molar-refractivity contribution in [1.29, 1.82) is 0 Å². The van der Waals surface area contributed by atoms with E-state index in [-0.39, 0.29) is 5.56 Å². The van der Waals surface area contributed by atoms with E-state index in [1.165, 1.54) is 6.33 Å². The first-order valence-electron chi connectivity index (χ1n) is 6.47. The minimum atomic E-state index is -0.179. The van der Waals surface area contributed by atoms with Crippen LogP contribution in [0.2, 0.25) is 10.3 Å². The molecule has 0 spiro atoms. The van der Waals surface area contributed by atoms with Gasteiger partial charge in [0.2, 0.25) is 0 Å². The number of hydrogen-bond donors (Lipinski definition) is 2. The smallest absolute Gasteiger partial charge is 0.258 e. The van der Waals surface area contributed by atoms with E-state index in [0.29, 0.717) is 40.0 Å². The molecule has 6 nitrogen and oxygen atoms in total. The molecule has 3 aromatic rings. The Bertz CT molecular complexity index is 860. The van der Waals surface area contributed by atoms with E-state index >= 15 is 0 Å². The Balaban J connectivity index is 1.77. The lowest BCUT2D eigenvalue weighted by molar-refractivity contribution is 0.682. The molecule has 2 N–H and O–H groups in total. The SMILES string of the molecule is O=c1[nH]cnc2c(CNCc3cc(Cl)nc(Cl)c3)nccc12. The summed E-state index contributed by atoms with van der Waals surface area (Å²) in [5.74, 6) is 0. The highest BCUT2D eigenvalue weighted by molar-refractivity contribution is 6.32. The van der Waals surface area contributed by atoms with Crippen LogP contribution in [-0.2, 0) is 13.1 Å². The largest absolute Gasteiger partial charge is 0.313 e. The fourth-order valence-electron chi connectivity index (χ4n) is 2.13. The summed E-state index contributed by atoms with van der Waals surface area (Å²) >= 11 is 11.7. The number of nitrogens with zero attached hydrogens (tertiary/aromatic N) is 3. The molecule has 0 aliphatic carbocycles. The third kappa shape index (κ3) is 3.24. The van der Waals surface area contributed by atoms with E-state index in [9.17, 15) is 4.79 Å². The van der Waals surface area contributed by atoms with Gasteiger partial charge in [-0.25, -0.2) is 9.97 Å². The molecule has 0 bridgehead atoms. The normalized spacial score (nSPS) is 11.0. The van der Waals surface area contributed by atoms with Gasteiger partial charge in [-0.3, -0.25) is 9.78 Å². The summed E-state index contributed by atoms with van der Waals surface area (Å²) in [7, 11) is 0. The van der Waals surface area contributed by atoms with E-state index in [4.69, 9.17) is 23.2 Å². The molecule has 3 rings (SSSR count). The number of hydrogen-bond acceptors (Lipinski definition) is 5. The van der Waals surface area contributed by atoms with Crippen molar-refractivity contribution in [2.45, 2.75) is 13.1 Å². The van der Waals surface area contributed by atoms with Crippen LogP contribution < -0.4 is 10.9 Å². The minimum absolute atomic E-state index is 0.179. The second-order valence-electron chi connectivity index (χ2n) is 4.61. The number of rotatable bonds is 4. The molecular weight excluding hydrogens is 325 g/mol. The lowest BCUT2D eigenvalue weighted by Gasteiger charge is -2.07. The maximum absolute atomic E-state index is 11.7. The molecule has 3 heterocycles. The maximum Gasteiger partial charge on any atom is 0.258 e. The van der Waals surface area contributed by atoms with Crippen LogP contribution >= 0.6 is 23.2 Å². The van der Waals surface area contributed by atoms with Gasteiger partial charge in [0.1, 0.15) is 15.8 Å². The summed E-state index contributed by atoms with van der Waals surface area (Å²) in [6.45, 7) is 1.01. The standard InChI is InChI=1S/C14H11Cl2N5O/c15-11-3-8(4-12(16)21-11)5-17-6-10-13-9(1-2-18-10)14(22)20-7-19-13/h1-4,7,17H,5-6H2,(H,19,20,22). The Morgan fingerprint density at radius 1 is 1.14 bits per heavy atom. The second-order valence-corrected chi connectivity index (χ2v) is 5.38. The van der Waals surface area contributed by atoms with E-state index in [1.807, 2.05) is 0 Å². The quantitative estimate of drug-likeness (QED) is 0.715. The van der Waals surface area contributed by atoms with Crippen molar-refractivity contribution in [3.8, 4) is 0 Å². The predicted octanol–water partition coefficient (Wildman–Crippen LogP) is 2.31. The lowest BCUT2D eigenvalue weighted by atomic mass is 10.2. The third-order valence-electron chi connectivity index (χ3n) is 3.08. The average Bonchev–Trinajstić information content (AvgIpc) is 2.47. The lowest BCUT2D eigenvalue weighted by Crippen LogP contribution is -2.16. The Morgan fingerprint density at radius 2 is 1.91 bits per heavy atom. The van der Waals surface area contributed by atoms with E-state index in [0.717, 1.165) is 5.56 Å². The van der Waals surface area contributed by atoms with Crippen molar-refractivity contribution in [2.24, 2.45) is 0 Å². The summed E-state index contributed by atoms with van der Waals surface area (Å²) in [5, 5.41) is 4.44. The minimum Gasteiger partial charge on any atom is -0.313 e. The van der Waals surface area contributed by atoms with Gasteiger partial charge in [-0.2, -0.15) is 0 Å². The van der Waals surface area contributed by atoms with Gasteiger partial charge in [0.15, 0.2) is 0 Å². The molecule has 0 amide bonds. The summed E-state index contributed by atoms with van der Waals surface area (Å²) in [5.41, 5.74) is 2.02. The van der Waals surface area contributed by atoms with E-state index in [1.54, 1.807) is 24.4 Å². The maximum atomic E-state index is 11.7. The summed E-state index contributed by atoms with van der Waals surface area (Å²) in [6.07, 6.45) is 2.97. The summed E-state index contributed by atoms with van der Waals surface area (Å²) in [4.78, 5) is 26.6. The van der Waals surface area contributed by atoms with Crippen molar-refractivity contribution in [2.75, 3.05) is 0 Å². The fraction of sp³-hybridized carbons (Fsp3) is 0.143. The molecule has 22 heavy (non-hydrogen) atoms. The highest BCUT2D eigenvalue weighted by Crippen LogP contribution is 2.15. The first-order valence-corrected chi connectivity index (χ1v) is 7.23. The van der Waals surface area contributed by atoms with Crippen LogP contribution in [0.3, 0.4) is 0 Å². The molecule has 0 saturated carbocycles. The Labute approximate surface area is 135 Å². The molecule has 0 radical (unpaired) electrons. The van der Waals surface area contributed by atoms with Gasteiger partial charge in [0.05, 0.1) is 17.4 Å². The number of pyridine rings is 2. The zero-order valence-corrected chi connectivity index (χ0v) is 12.8. The van der Waals surface area contributed by atoms with Gasteiger partial charge >= 0.3 is 0 Å². The number of fused-ring (bicyclic) bond motifs is 1. The van der Waals surface area contributed by atoms with Gasteiger partial charge < -0.3 is 10.3 Å². The summed E-state index contributed by atoms with van der Waals surface area (Å²) in [6, 6.07) is 5.12. The van der Waals surface area contributed by atoms with Crippen LogP contribution in [0, 0.1) is 0 Å². The van der Waals surface area contributed by atoms with Gasteiger partial charge in [-0.15, -0.1) is 0 Å². The van der Waals surface area contributed by atoms with Crippen LogP contribution in [0.5, 0.6) is 0 Å². The highest BCUT2D eigenvalue weighted by Gasteiger charge is 2.06. The average molecular weight is 336 g/mol. The molecule has 0 fully saturated rings. The number of halogens is 2. The van der Waals surface area contributed by atoms with Crippen molar-refractivity contribution in [3.63, 3.8) is 0 Å². The first kappa shape index (κ1) is 14.9. The second kappa shape index (κ2) is 6.39. The zero-order valence-electron chi connectivity index (χ0n) is 11.3. The first-order chi connectivity index (χ1) is 10.6. The van der Waals surface area contributed by atoms with Crippen LogP contribution in [-0.4, -0.2) is 19.9 Å². The number of H-pyrrole nitrogens is 1. The fourth-order valence-corrected chi connectivity index (χ4v) is 2.63. The molecule has 0 aliphatic heterocycles. The molecular formula is C14H11Cl2N5O. The van der Waals surface area contributed by atoms with Crippen LogP contribution in [0.1, 0.15) is 11.3 Å². The molecule has 112 valence electrons. The monoisotopic (exact) mass is 335 g/mol. The zero-order chi connectivity index (χ0) is 15.5. The molecule has 0 saturated heterocycles. The van der Waals surface area contributed by atoms with Crippen LogP contribution in [0.25, 0.3) is 10.9 Å². The molecule has 0 unspecified atom stereocenters. The van der Waals surface area contributed by atoms with Crippen molar-refractivity contribution < 1.29 is 0 Å². The predicted molar refractivity (Wildman–Crippen MR) is 85.0 cm³/mol. The highest BCUT2D eigenvalue weighted by atomic mass is 35.5. The Hall–Kier alpha value is -2.02. The van der Waals surface area contributed by atoms with Crippen LogP contribution in [0.15, 0.2) is 35.5 Å². The summed E-state index contributed by atoms with van der Waals surface area (Å²) < 4.78 is 0. The third-order valence-corrected chi connectivity index (χ3v) is 3.47. The van der Waals surface area contributed by atoms with Gasteiger partial charge in [0.25, 0.3) is 5.56 Å². The molecule has 0 aromatic carbocycles. The topological polar surface area (TPSA) is 83.6 Å². The van der Waals surface area contributed by atoms with Crippen molar-refractivity contribution in [3.05, 3.63) is 62.6 Å². The number of nitrogens with one attached hydrogen (secondary N) is 2. The number of aromatic amines is 1. The molecule has 3 aromatic heterocycles. The van der Waals surface area contributed by atoms with Crippen molar-refractivity contribution >= 4 is 34.1 Å². The van der Waals surface area contributed by atoms with E-state index in [2.05, 4.69) is 25.3 Å². The van der Waals surface area contributed by atoms with Gasteiger partial charge in [0, 0.05) is 19.3 Å². The Kier molecular flexibility index (Phi) is 4.33. The Morgan fingerprint density at radius 3 is 2.68 bits per heavy atom. The van der Waals surface area contributed by atoms with E-state index < -0.39 is 0 Å². The number of aromatic nitrogens is 4. The van der Waals surface area contributed by atoms with Gasteiger partial charge in [-0.1, -0.05) is 23.2 Å². The molecule has 0 aliphatic rings. The van der Waals surface area contributed by atoms with Gasteiger partial charge in [-0.05, 0) is 23.8 Å². The van der Waals surface area contributed by atoms with Crippen molar-refractivity contribution in [1.82, 2.24) is 25.3 Å². The molecule has 8 heteroatoms.